The van der Waals surface area contributed by atoms with Crippen molar-refractivity contribution in [2.75, 3.05) is 14.2 Å². The molecule has 0 saturated carbocycles. The van der Waals surface area contributed by atoms with Gasteiger partial charge in [-0.05, 0) is 0 Å². The SMILES string of the molecule is CCc1ccc2c(c1-c1ccc(OC)cc1)C=C(c1occ3ccccc13)[CH]2[Zr]([Cl])([Cl])([CH]1C(c2occ3ccccc23)=Cc2c1ccc(CC)c2-c1ccc(OC)cc1)=[Si](C)C. The predicted octanol–water partition coefficient (Wildman–Crippen LogP) is 15.8. The monoisotopic (exact) mass is 948 g/mol. The van der Waals surface area contributed by atoms with Gasteiger partial charge in [-0.1, -0.05) is 0 Å². The Hall–Kier alpha value is -4.84. The summed E-state index contributed by atoms with van der Waals surface area (Å²) in [4.78, 5) is 0. The molecule has 6 aromatic carbocycles. The van der Waals surface area contributed by atoms with Crippen LogP contribution in [0.4, 0.5) is 0 Å². The average molecular weight is 951 g/mol. The van der Waals surface area contributed by atoms with Gasteiger partial charge in [0.1, 0.15) is 0 Å². The second-order valence-electron chi connectivity index (χ2n) is 16.9. The third kappa shape index (κ3) is 6.23. The summed E-state index contributed by atoms with van der Waals surface area (Å²) in [6, 6.07) is 42.9. The molecule has 2 atom stereocenters. The van der Waals surface area contributed by atoms with Crippen LogP contribution in [0.5, 0.6) is 11.5 Å². The molecule has 0 spiro atoms. The zero-order chi connectivity index (χ0) is 42.9. The van der Waals surface area contributed by atoms with Crippen molar-refractivity contribution in [3.8, 4) is 33.8 Å². The molecule has 62 heavy (non-hydrogen) atoms. The van der Waals surface area contributed by atoms with Crippen LogP contribution in [0, 0.1) is 0 Å². The number of hydrogen-bond donors (Lipinski definition) is 0. The van der Waals surface area contributed by atoms with Gasteiger partial charge in [-0.3, -0.25) is 0 Å². The van der Waals surface area contributed by atoms with Crippen LogP contribution < -0.4 is 9.47 Å². The predicted molar refractivity (Wildman–Crippen MR) is 258 cm³/mol. The molecule has 8 aromatic rings. The first-order valence-corrected chi connectivity index (χ1v) is 36.8. The fourth-order valence-electron chi connectivity index (χ4n) is 10.5. The summed E-state index contributed by atoms with van der Waals surface area (Å²) in [6.07, 6.45) is 10.2. The molecule has 0 aliphatic heterocycles. The molecule has 2 aliphatic carbocycles. The van der Waals surface area contributed by atoms with Crippen molar-refractivity contribution in [2.24, 2.45) is 0 Å². The number of ether oxygens (including phenoxy) is 2. The van der Waals surface area contributed by atoms with Crippen LogP contribution in [0.1, 0.15) is 66.0 Å². The first kappa shape index (κ1) is 41.2. The summed E-state index contributed by atoms with van der Waals surface area (Å²) in [7, 11) is 21.8. The van der Waals surface area contributed by atoms with E-state index < -0.39 is 20.4 Å². The molecule has 2 unspecified atom stereocenters. The molecule has 2 aromatic heterocycles. The molecule has 0 fully saturated rings. The third-order valence-electron chi connectivity index (χ3n) is 13.7. The Bertz CT molecular complexity index is 3010. The standard InChI is InChI=1S/2C26H21O2.C2H6Si.2ClH.Zr/c2*1-3-17-8-9-19-14-21(26-23-7-5-4-6-20(23)16-28-26)15-24(19)25(17)18-10-12-22(27-2)13-11-18;1-3-2;;;/h2*4-16H,3H2,1-2H3;1-2H3;2*1H;/q;;;;;+2/p-2. The van der Waals surface area contributed by atoms with Gasteiger partial charge in [-0.25, -0.2) is 0 Å². The molecule has 10 rings (SSSR count). The van der Waals surface area contributed by atoms with Gasteiger partial charge >= 0.3 is 374 Å². The maximum atomic E-state index is 9.17. The number of aryl methyl sites for hydroxylation is 2. The van der Waals surface area contributed by atoms with Gasteiger partial charge in [-0.2, -0.15) is 0 Å². The van der Waals surface area contributed by atoms with Crippen molar-refractivity contribution in [2.45, 2.75) is 47.0 Å². The van der Waals surface area contributed by atoms with Crippen molar-refractivity contribution < 1.29 is 33.3 Å². The summed E-state index contributed by atoms with van der Waals surface area (Å²) in [5.41, 5.74) is 12.4. The molecule has 310 valence electrons. The number of halogens is 2. The number of methoxy groups -OCH3 is 2. The second kappa shape index (κ2) is 15.7. The second-order valence-corrected chi connectivity index (χ2v) is 55.7. The number of furan rings is 2. The van der Waals surface area contributed by atoms with Crippen LogP contribution in [0.15, 0.2) is 143 Å². The number of rotatable bonds is 10. The molecule has 0 amide bonds. The molecule has 0 N–H and O–H groups in total. The zero-order valence-corrected chi connectivity index (χ0v) is 40.8. The van der Waals surface area contributed by atoms with Crippen LogP contribution in [-0.2, 0) is 27.9 Å². The molecule has 0 saturated heterocycles. The van der Waals surface area contributed by atoms with Gasteiger partial charge in [-0.15, -0.1) is 0 Å². The van der Waals surface area contributed by atoms with Crippen LogP contribution >= 0.6 is 17.0 Å². The Balaban J connectivity index is 1.31. The zero-order valence-electron chi connectivity index (χ0n) is 35.8. The van der Waals surface area contributed by atoms with Gasteiger partial charge in [0.05, 0.1) is 0 Å². The molecule has 0 radical (unpaired) electrons. The van der Waals surface area contributed by atoms with E-state index >= 15 is 0 Å². The molecule has 8 heteroatoms. The first-order chi connectivity index (χ1) is 30.1. The summed E-state index contributed by atoms with van der Waals surface area (Å²) in [6.45, 7) is 9.17. The van der Waals surface area contributed by atoms with Gasteiger partial charge in [0.2, 0.25) is 0 Å². The van der Waals surface area contributed by atoms with Crippen molar-refractivity contribution in [1.82, 2.24) is 0 Å². The molecule has 4 nitrogen and oxygen atoms in total. The number of hydrogen-bond acceptors (Lipinski definition) is 4. The van der Waals surface area contributed by atoms with Crippen LogP contribution in [-0.4, -0.2) is 19.7 Å². The van der Waals surface area contributed by atoms with E-state index in [0.29, 0.717) is 0 Å². The van der Waals surface area contributed by atoms with Crippen LogP contribution in [0.25, 0.3) is 67.1 Å². The summed E-state index contributed by atoms with van der Waals surface area (Å²) in [5, 5.41) is 4.20. The normalized spacial score (nSPS) is 16.0. The first-order valence-electron chi connectivity index (χ1n) is 21.4. The topological polar surface area (TPSA) is 44.7 Å². The van der Waals surface area contributed by atoms with Gasteiger partial charge in [0.25, 0.3) is 0 Å². The Kier molecular flexibility index (Phi) is 10.5. The van der Waals surface area contributed by atoms with E-state index in [1.807, 2.05) is 36.8 Å². The van der Waals surface area contributed by atoms with E-state index in [0.717, 1.165) is 90.8 Å². The summed E-state index contributed by atoms with van der Waals surface area (Å²) in [5.74, 6) is 3.30. The minimum absolute atomic E-state index is 0.313. The third-order valence-corrected chi connectivity index (χ3v) is 59.9. The molecule has 2 heterocycles. The van der Waals surface area contributed by atoms with Crippen LogP contribution in [0.3, 0.4) is 0 Å². The molecule has 0 bridgehead atoms. The Morgan fingerprint density at radius 1 is 0.548 bits per heavy atom. The molecular weight excluding hydrogens is 903 g/mol. The van der Waals surface area contributed by atoms with Crippen molar-refractivity contribution in [3.05, 3.63) is 179 Å². The summed E-state index contributed by atoms with van der Waals surface area (Å²) < 4.78 is 24.1. The number of benzene rings is 6. The Labute approximate surface area is 371 Å². The van der Waals surface area contributed by atoms with Crippen LogP contribution in [0.2, 0.25) is 13.1 Å². The van der Waals surface area contributed by atoms with Gasteiger partial charge in [0.15, 0.2) is 0 Å². The van der Waals surface area contributed by atoms with E-state index in [9.17, 15) is 0 Å². The minimum atomic E-state index is -5.60. The van der Waals surface area contributed by atoms with E-state index in [2.05, 4.69) is 136 Å². The molecule has 2 aliphatic rings. The Morgan fingerprint density at radius 2 is 0.952 bits per heavy atom. The Morgan fingerprint density at radius 3 is 1.32 bits per heavy atom. The van der Waals surface area contributed by atoms with E-state index in [1.165, 1.54) is 33.4 Å². The maximum absolute atomic E-state index is 9.17. The number of allylic oxidation sites excluding steroid dienone is 2. The van der Waals surface area contributed by atoms with E-state index in [4.69, 9.17) is 35.3 Å². The van der Waals surface area contributed by atoms with Gasteiger partial charge in [0, 0.05) is 0 Å². The molecular formula is C54H48Cl2O4SiZr. The quantitative estimate of drug-likeness (QED) is 0.128. The van der Waals surface area contributed by atoms with E-state index in [-0.39, 0.29) is 7.25 Å². The van der Waals surface area contributed by atoms with Crippen molar-refractivity contribution in [3.63, 3.8) is 0 Å². The number of fused-ring (bicyclic) bond motifs is 4. The van der Waals surface area contributed by atoms with E-state index in [1.54, 1.807) is 14.2 Å². The average Bonchev–Trinajstić information content (AvgIpc) is 4.11. The summed E-state index contributed by atoms with van der Waals surface area (Å²) >= 11 is -5.60. The van der Waals surface area contributed by atoms with Crippen molar-refractivity contribution in [1.29, 1.82) is 0 Å². The fraction of sp³-hybridized carbons (Fsp3) is 0.185. The fourth-order valence-corrected chi connectivity index (χ4v) is 38.1. The van der Waals surface area contributed by atoms with Crippen molar-refractivity contribution >= 4 is 67.3 Å². The van der Waals surface area contributed by atoms with Gasteiger partial charge < -0.3 is 0 Å².